The highest BCUT2D eigenvalue weighted by molar-refractivity contribution is 8.00. The second kappa shape index (κ2) is 7.67. The van der Waals surface area contributed by atoms with Crippen LogP contribution in [0.15, 0.2) is 23.2 Å². The van der Waals surface area contributed by atoms with Gasteiger partial charge < -0.3 is 4.43 Å². The third kappa shape index (κ3) is 4.11. The van der Waals surface area contributed by atoms with Gasteiger partial charge in [0.05, 0.1) is 5.36 Å². The fraction of sp³-hybridized carbons (Fsp3) is 0.550. The van der Waals surface area contributed by atoms with Crippen LogP contribution in [0.4, 0.5) is 0 Å². The average molecular weight is 389 g/mol. The summed E-state index contributed by atoms with van der Waals surface area (Å²) in [5.74, 6) is 0.911. The number of hydrogen-bond donors (Lipinski definition) is 0. The Labute approximate surface area is 161 Å². The first-order valence-electron chi connectivity index (χ1n) is 8.97. The van der Waals surface area contributed by atoms with Crippen LogP contribution in [-0.2, 0) is 4.43 Å². The minimum atomic E-state index is -2.21. The summed E-state index contributed by atoms with van der Waals surface area (Å²) in [7, 11) is -2.21. The van der Waals surface area contributed by atoms with E-state index in [9.17, 15) is 10.1 Å². The van der Waals surface area contributed by atoms with E-state index in [0.717, 1.165) is 29.0 Å². The summed E-state index contributed by atoms with van der Waals surface area (Å²) in [4.78, 5) is 16.0. The molecular weight excluding hydrogens is 360 g/mol. The van der Waals surface area contributed by atoms with E-state index in [4.69, 9.17) is 9.42 Å². The summed E-state index contributed by atoms with van der Waals surface area (Å²) in [5, 5.41) is 11.4. The van der Waals surface area contributed by atoms with Gasteiger partial charge in [0.15, 0.2) is 13.9 Å². The number of hydrogen-bond acceptors (Lipinski definition) is 5. The van der Waals surface area contributed by atoms with Gasteiger partial charge in [-0.15, -0.1) is 11.8 Å². The largest absolute Gasteiger partial charge is 0.394 e. The van der Waals surface area contributed by atoms with Crippen molar-refractivity contribution in [3.8, 4) is 6.07 Å². The Bertz CT molecular complexity index is 839. The quantitative estimate of drug-likeness (QED) is 0.551. The van der Waals surface area contributed by atoms with Gasteiger partial charge in [0.2, 0.25) is 0 Å². The molecule has 0 bridgehead atoms. The van der Waals surface area contributed by atoms with Crippen LogP contribution >= 0.6 is 11.8 Å². The zero-order valence-corrected chi connectivity index (χ0v) is 18.3. The molecule has 2 rings (SSSR count). The maximum atomic E-state index is 11.2. The zero-order valence-electron chi connectivity index (χ0n) is 16.5. The number of fused-ring (bicyclic) bond motifs is 1. The summed E-state index contributed by atoms with van der Waals surface area (Å²) in [6, 6.07) is 7.83. The van der Waals surface area contributed by atoms with E-state index in [1.165, 1.54) is 0 Å². The third-order valence-electron chi connectivity index (χ3n) is 5.07. The first-order chi connectivity index (χ1) is 12.1. The van der Waals surface area contributed by atoms with Gasteiger partial charge in [0.1, 0.15) is 17.7 Å². The molecule has 140 valence electrons. The zero-order chi connectivity index (χ0) is 19.6. The van der Waals surface area contributed by atoms with Crippen LogP contribution in [0.1, 0.15) is 44.5 Å². The van der Waals surface area contributed by atoms with Gasteiger partial charge in [0, 0.05) is 10.8 Å². The Kier molecular flexibility index (Phi) is 6.16. The molecule has 1 aromatic carbocycles. The fourth-order valence-corrected chi connectivity index (χ4v) is 5.08. The van der Waals surface area contributed by atoms with Gasteiger partial charge in [-0.3, -0.25) is 9.79 Å². The molecule has 1 aromatic rings. The van der Waals surface area contributed by atoms with Gasteiger partial charge in [-0.2, -0.15) is 5.26 Å². The summed E-state index contributed by atoms with van der Waals surface area (Å²) in [6.07, 6.45) is 3.71. The Balaban J connectivity index is 2.63. The molecule has 0 spiro atoms. The molecule has 1 aliphatic heterocycles. The predicted octanol–water partition coefficient (Wildman–Crippen LogP) is 3.67. The number of benzene rings is 1. The van der Waals surface area contributed by atoms with Crippen LogP contribution in [0.2, 0.25) is 18.1 Å². The number of carbonyl (C=O) groups excluding carboxylic acids is 1. The first kappa shape index (κ1) is 20.9. The van der Waals surface area contributed by atoms with Gasteiger partial charge in [-0.05, 0) is 54.6 Å². The normalized spacial score (nSPS) is 22.6. The molecule has 6 heteroatoms. The Morgan fingerprint density at radius 3 is 2.65 bits per heavy atom. The summed E-state index contributed by atoms with van der Waals surface area (Å²) in [6.45, 7) is 12.9. The van der Waals surface area contributed by atoms with Gasteiger partial charge in [-0.1, -0.05) is 27.7 Å². The number of aldehydes is 1. The van der Waals surface area contributed by atoms with Crippen molar-refractivity contribution >= 4 is 32.4 Å². The maximum absolute atomic E-state index is 11.2. The Morgan fingerprint density at radius 2 is 2.12 bits per heavy atom. The minimum absolute atomic E-state index is 0.0183. The van der Waals surface area contributed by atoms with Crippen molar-refractivity contribution in [2.45, 2.75) is 63.2 Å². The maximum Gasteiger partial charge on any atom is 0.196 e. The Hall–Kier alpha value is -1.42. The lowest BCUT2D eigenvalue weighted by Gasteiger charge is -2.44. The predicted molar refractivity (Wildman–Crippen MR) is 110 cm³/mol. The highest BCUT2D eigenvalue weighted by Crippen LogP contribution is 2.42. The van der Waals surface area contributed by atoms with Crippen molar-refractivity contribution in [1.82, 2.24) is 0 Å². The number of rotatable bonds is 6. The molecule has 26 heavy (non-hydrogen) atoms. The third-order valence-corrected chi connectivity index (χ3v) is 10.9. The van der Waals surface area contributed by atoms with Crippen LogP contribution < -0.4 is 10.6 Å². The molecule has 0 saturated carbocycles. The van der Waals surface area contributed by atoms with Crippen molar-refractivity contribution in [3.05, 3.63) is 34.3 Å². The number of carbonyl (C=O) groups is 1. The molecule has 0 saturated heterocycles. The van der Waals surface area contributed by atoms with E-state index in [-0.39, 0.29) is 10.4 Å². The van der Waals surface area contributed by atoms with E-state index >= 15 is 0 Å². The lowest BCUT2D eigenvalue weighted by molar-refractivity contribution is 0.112. The fourth-order valence-electron chi connectivity index (χ4n) is 2.56. The van der Waals surface area contributed by atoms with E-state index in [0.29, 0.717) is 5.56 Å². The second-order valence-corrected chi connectivity index (χ2v) is 14.1. The van der Waals surface area contributed by atoms with Crippen LogP contribution in [0, 0.1) is 11.3 Å². The molecule has 4 nitrogen and oxygen atoms in total. The highest BCUT2D eigenvalue weighted by Gasteiger charge is 2.49. The molecule has 1 heterocycles. The first-order valence-corrected chi connectivity index (χ1v) is 12.9. The van der Waals surface area contributed by atoms with Crippen molar-refractivity contribution in [3.63, 3.8) is 0 Å². The van der Waals surface area contributed by atoms with Gasteiger partial charge in [-0.25, -0.2) is 0 Å². The number of nitrogens with zero attached hydrogens (tertiary/aromatic N) is 2. The smallest absolute Gasteiger partial charge is 0.196 e. The van der Waals surface area contributed by atoms with Crippen molar-refractivity contribution < 1.29 is 9.22 Å². The average Bonchev–Trinajstić information content (AvgIpc) is 2.57. The molecule has 0 radical (unpaired) electrons. The van der Waals surface area contributed by atoms with Gasteiger partial charge in [0.25, 0.3) is 0 Å². The molecule has 0 amide bonds. The second-order valence-electron chi connectivity index (χ2n) is 8.20. The van der Waals surface area contributed by atoms with Crippen LogP contribution in [0.5, 0.6) is 0 Å². The molecule has 0 fully saturated rings. The molecule has 1 aliphatic rings. The van der Waals surface area contributed by atoms with Crippen LogP contribution in [0.25, 0.3) is 6.08 Å². The van der Waals surface area contributed by atoms with Crippen molar-refractivity contribution in [2.24, 2.45) is 4.99 Å². The standard InChI is InChI=1S/C20H28N2O2SSi/c1-7-10-25-18-20(14-21,24-26(5,6)19(2,3)4)12-16-11-15(13-23)8-9-17(16)22-18/h8-9,11-13,18H,7,10H2,1-6H3. The molecule has 2 atom stereocenters. The Morgan fingerprint density at radius 1 is 1.42 bits per heavy atom. The van der Waals surface area contributed by atoms with E-state index < -0.39 is 13.9 Å². The van der Waals surface area contributed by atoms with Crippen molar-refractivity contribution in [1.29, 1.82) is 5.26 Å². The van der Waals surface area contributed by atoms with Crippen LogP contribution in [0.3, 0.4) is 0 Å². The molecule has 0 N–H and O–H groups in total. The molecule has 0 aliphatic carbocycles. The number of thioether (sulfide) groups is 1. The molecule has 0 aromatic heterocycles. The molecule has 2 unspecified atom stereocenters. The van der Waals surface area contributed by atoms with Crippen molar-refractivity contribution in [2.75, 3.05) is 5.75 Å². The summed E-state index contributed by atoms with van der Waals surface area (Å²) >= 11 is 1.66. The lowest BCUT2D eigenvalue weighted by atomic mass is 10.0. The topological polar surface area (TPSA) is 62.5 Å². The van der Waals surface area contributed by atoms with E-state index in [2.05, 4.69) is 46.9 Å². The SMILES string of the molecule is CCCSC1N=c2ccc(C=O)cc2=CC1(C#N)O[Si](C)(C)C(C)(C)C. The summed E-state index contributed by atoms with van der Waals surface area (Å²) in [5.41, 5.74) is -0.536. The monoisotopic (exact) mass is 388 g/mol. The lowest BCUT2D eigenvalue weighted by Crippen LogP contribution is -2.55. The number of nitriles is 1. The van der Waals surface area contributed by atoms with E-state index in [1.807, 2.05) is 12.1 Å². The van der Waals surface area contributed by atoms with Gasteiger partial charge >= 0.3 is 0 Å². The van der Waals surface area contributed by atoms with Crippen LogP contribution in [-0.4, -0.2) is 31.3 Å². The van der Waals surface area contributed by atoms with E-state index in [1.54, 1.807) is 23.9 Å². The summed E-state index contributed by atoms with van der Waals surface area (Å²) < 4.78 is 6.64. The minimum Gasteiger partial charge on any atom is -0.394 e. The highest BCUT2D eigenvalue weighted by atomic mass is 32.2. The molecular formula is C20H28N2O2SSi.